The fraction of sp³-hybridized carbons (Fsp3) is 0.321. The molecule has 6 rings (SSSR count). The lowest BCUT2D eigenvalue weighted by Crippen LogP contribution is -2.52. The van der Waals surface area contributed by atoms with Crippen molar-refractivity contribution >= 4 is 29.1 Å². The lowest BCUT2D eigenvalue weighted by atomic mass is 9.96. The minimum absolute atomic E-state index is 0.0782. The summed E-state index contributed by atoms with van der Waals surface area (Å²) in [7, 11) is 0. The minimum Gasteiger partial charge on any atom is -0.336 e. The topological polar surface area (TPSA) is 104 Å². The summed E-state index contributed by atoms with van der Waals surface area (Å²) >= 11 is 0. The zero-order valence-electron chi connectivity index (χ0n) is 20.1. The number of hydrogen-bond acceptors (Lipinski definition) is 5. The van der Waals surface area contributed by atoms with E-state index in [2.05, 4.69) is 22.1 Å². The van der Waals surface area contributed by atoms with Gasteiger partial charge in [-0.3, -0.25) is 28.9 Å². The van der Waals surface area contributed by atoms with Crippen LogP contribution in [0.3, 0.4) is 0 Å². The molecule has 9 heteroatoms. The van der Waals surface area contributed by atoms with Crippen LogP contribution in [0.25, 0.3) is 5.52 Å². The number of hydrogen-bond donors (Lipinski definition) is 1. The number of aromatic nitrogens is 2. The van der Waals surface area contributed by atoms with Crippen molar-refractivity contribution in [3.05, 3.63) is 71.3 Å². The third-order valence-electron chi connectivity index (χ3n) is 7.41. The number of fused-ring (bicyclic) bond motifs is 2. The fourth-order valence-corrected chi connectivity index (χ4v) is 5.35. The summed E-state index contributed by atoms with van der Waals surface area (Å²) in [4.78, 5) is 57.6. The third kappa shape index (κ3) is 4.14. The minimum atomic E-state index is -0.646. The molecule has 2 aromatic heterocycles. The Balaban J connectivity index is 1.13. The van der Waals surface area contributed by atoms with Crippen molar-refractivity contribution < 1.29 is 19.2 Å². The Morgan fingerprint density at radius 1 is 1.03 bits per heavy atom. The van der Waals surface area contributed by atoms with Crippen molar-refractivity contribution in [1.29, 1.82) is 0 Å². The monoisotopic (exact) mass is 495 g/mol. The molecule has 0 aliphatic carbocycles. The highest BCUT2D eigenvalue weighted by Gasteiger charge is 2.39. The molecule has 3 aromatic rings. The molecule has 0 saturated carbocycles. The van der Waals surface area contributed by atoms with Crippen molar-refractivity contribution in [2.24, 2.45) is 5.92 Å². The van der Waals surface area contributed by atoms with Gasteiger partial charge in [0.1, 0.15) is 6.04 Å². The van der Waals surface area contributed by atoms with Crippen LogP contribution in [0.15, 0.2) is 48.8 Å². The lowest BCUT2D eigenvalue weighted by Gasteiger charge is -2.29. The van der Waals surface area contributed by atoms with Gasteiger partial charge in [0, 0.05) is 49.3 Å². The number of nitrogens with zero attached hydrogens (tertiary/aromatic N) is 4. The van der Waals surface area contributed by atoms with Gasteiger partial charge in [-0.2, -0.15) is 0 Å². The Hall–Kier alpha value is -4.45. The molecule has 5 heterocycles. The van der Waals surface area contributed by atoms with Gasteiger partial charge in [0.15, 0.2) is 0 Å². The molecular formula is C28H25N5O4. The van der Waals surface area contributed by atoms with E-state index >= 15 is 0 Å². The van der Waals surface area contributed by atoms with Crippen molar-refractivity contribution in [2.45, 2.75) is 38.3 Å². The standard InChI is InChI=1S/C28H25N5O4/c34-24-10-9-23(26(35)30-24)33-17-22-19(4-3-6-21(22)27(33)36)8-7-18-11-14-31(15-12-18)28(37)25-29-16-20-5-1-2-13-32(20)25/h1-6,13,16,18,23H,9-12,14-15,17H2,(H,30,34,35). The predicted molar refractivity (Wildman–Crippen MR) is 133 cm³/mol. The van der Waals surface area contributed by atoms with Crippen LogP contribution >= 0.6 is 0 Å². The van der Waals surface area contributed by atoms with Gasteiger partial charge < -0.3 is 9.80 Å². The Morgan fingerprint density at radius 3 is 2.68 bits per heavy atom. The number of pyridine rings is 1. The van der Waals surface area contributed by atoms with E-state index in [0.29, 0.717) is 37.4 Å². The first-order valence-corrected chi connectivity index (χ1v) is 12.5. The normalized spacial score (nSPS) is 20.0. The molecule has 1 unspecified atom stereocenters. The van der Waals surface area contributed by atoms with Gasteiger partial charge in [-0.1, -0.05) is 24.0 Å². The van der Waals surface area contributed by atoms with Gasteiger partial charge in [-0.15, -0.1) is 0 Å². The summed E-state index contributed by atoms with van der Waals surface area (Å²) in [6, 6.07) is 10.5. The second kappa shape index (κ2) is 9.21. The zero-order chi connectivity index (χ0) is 25.5. The molecule has 37 heavy (non-hydrogen) atoms. The number of carbonyl (C=O) groups excluding carboxylic acids is 4. The largest absolute Gasteiger partial charge is 0.336 e. The number of nitrogens with one attached hydrogen (secondary N) is 1. The van der Waals surface area contributed by atoms with Gasteiger partial charge in [0.25, 0.3) is 11.8 Å². The second-order valence-electron chi connectivity index (χ2n) is 9.64. The first-order valence-electron chi connectivity index (χ1n) is 12.5. The van der Waals surface area contributed by atoms with E-state index in [-0.39, 0.29) is 30.1 Å². The molecule has 1 N–H and O–H groups in total. The van der Waals surface area contributed by atoms with Crippen LogP contribution < -0.4 is 5.32 Å². The molecule has 0 radical (unpaired) electrons. The number of piperidine rings is 2. The Bertz CT molecular complexity index is 1510. The van der Waals surface area contributed by atoms with E-state index in [0.717, 1.165) is 29.5 Å². The molecule has 0 bridgehead atoms. The van der Waals surface area contributed by atoms with Gasteiger partial charge in [0.2, 0.25) is 17.6 Å². The van der Waals surface area contributed by atoms with Gasteiger partial charge >= 0.3 is 0 Å². The summed E-state index contributed by atoms with van der Waals surface area (Å²) in [5, 5.41) is 2.33. The van der Waals surface area contributed by atoms with Crippen LogP contribution in [0, 0.1) is 17.8 Å². The van der Waals surface area contributed by atoms with Crippen molar-refractivity contribution in [3.63, 3.8) is 0 Å². The number of likely N-dealkylation sites (tertiary alicyclic amines) is 1. The molecule has 2 fully saturated rings. The Kier molecular flexibility index (Phi) is 5.72. The molecular weight excluding hydrogens is 470 g/mol. The first-order chi connectivity index (χ1) is 18.0. The molecule has 0 spiro atoms. The van der Waals surface area contributed by atoms with E-state index < -0.39 is 11.9 Å². The van der Waals surface area contributed by atoms with Gasteiger partial charge in [0.05, 0.1) is 11.7 Å². The average Bonchev–Trinajstić information content (AvgIpc) is 3.49. The Morgan fingerprint density at radius 2 is 1.86 bits per heavy atom. The summed E-state index contributed by atoms with van der Waals surface area (Å²) in [6.07, 6.45) is 5.63. The highest BCUT2D eigenvalue weighted by Crippen LogP contribution is 2.30. The molecule has 9 nitrogen and oxygen atoms in total. The highest BCUT2D eigenvalue weighted by molar-refractivity contribution is 6.05. The van der Waals surface area contributed by atoms with Crippen molar-refractivity contribution in [3.8, 4) is 11.8 Å². The van der Waals surface area contributed by atoms with Crippen LogP contribution in [0.1, 0.15) is 57.8 Å². The Labute approximate surface area is 213 Å². The summed E-state index contributed by atoms with van der Waals surface area (Å²) in [5.41, 5.74) is 3.05. The van der Waals surface area contributed by atoms with Crippen molar-refractivity contribution in [2.75, 3.05) is 13.1 Å². The summed E-state index contributed by atoms with van der Waals surface area (Å²) < 4.78 is 1.81. The van der Waals surface area contributed by atoms with Crippen LogP contribution in [-0.2, 0) is 16.1 Å². The highest BCUT2D eigenvalue weighted by atomic mass is 16.2. The van der Waals surface area contributed by atoms with Crippen LogP contribution in [0.4, 0.5) is 0 Å². The number of amides is 4. The number of imidazole rings is 1. The SMILES string of the molecule is O=C1CCC(N2Cc3c(C#CC4CCN(C(=O)c5ncc6ccccn56)CC4)cccc3C2=O)C(=O)N1. The average molecular weight is 496 g/mol. The number of imide groups is 1. The van der Waals surface area contributed by atoms with Gasteiger partial charge in [-0.25, -0.2) is 4.98 Å². The lowest BCUT2D eigenvalue weighted by molar-refractivity contribution is -0.136. The fourth-order valence-electron chi connectivity index (χ4n) is 5.35. The predicted octanol–water partition coefficient (Wildman–Crippen LogP) is 2.00. The number of benzene rings is 1. The third-order valence-corrected chi connectivity index (χ3v) is 7.41. The smallest absolute Gasteiger partial charge is 0.290 e. The maximum atomic E-state index is 13.0. The maximum absolute atomic E-state index is 13.0. The van der Waals surface area contributed by atoms with E-state index in [1.807, 2.05) is 45.8 Å². The summed E-state index contributed by atoms with van der Waals surface area (Å²) in [5.74, 6) is 6.18. The van der Waals surface area contributed by atoms with Crippen molar-refractivity contribution in [1.82, 2.24) is 24.5 Å². The first kappa shape index (κ1) is 23.0. The van der Waals surface area contributed by atoms with Gasteiger partial charge in [-0.05, 0) is 49.1 Å². The number of rotatable bonds is 2. The molecule has 186 valence electrons. The molecule has 2 saturated heterocycles. The van der Waals surface area contributed by atoms with Crippen LogP contribution in [0.5, 0.6) is 0 Å². The molecule has 3 aliphatic heterocycles. The van der Waals surface area contributed by atoms with E-state index in [1.54, 1.807) is 17.2 Å². The molecule has 4 amide bonds. The van der Waals surface area contributed by atoms with E-state index in [9.17, 15) is 19.2 Å². The van der Waals surface area contributed by atoms with Crippen LogP contribution in [-0.4, -0.2) is 61.9 Å². The van der Waals surface area contributed by atoms with Crippen LogP contribution in [0.2, 0.25) is 0 Å². The molecule has 3 aliphatic rings. The zero-order valence-corrected chi connectivity index (χ0v) is 20.1. The second-order valence-corrected chi connectivity index (χ2v) is 9.64. The molecule has 1 aromatic carbocycles. The quantitative estimate of drug-likeness (QED) is 0.433. The van der Waals surface area contributed by atoms with E-state index in [1.165, 1.54) is 0 Å². The number of carbonyl (C=O) groups is 4. The maximum Gasteiger partial charge on any atom is 0.290 e. The molecule has 1 atom stereocenters. The van der Waals surface area contributed by atoms with E-state index in [4.69, 9.17) is 0 Å². The summed E-state index contributed by atoms with van der Waals surface area (Å²) in [6.45, 7) is 1.51.